The summed E-state index contributed by atoms with van der Waals surface area (Å²) in [5.74, 6) is 0. The number of rotatable bonds is 2. The SMILES string of the molecule is O=c1cc(-c2ccccc2)[nH]c2[nH]n(-c3nc4ccccc4s3)c(=O)c12. The van der Waals surface area contributed by atoms with Crippen molar-refractivity contribution in [3.8, 4) is 16.4 Å². The second-order valence-electron chi connectivity index (χ2n) is 5.88. The van der Waals surface area contributed by atoms with Gasteiger partial charge in [-0.15, -0.1) is 0 Å². The van der Waals surface area contributed by atoms with Gasteiger partial charge in [-0.1, -0.05) is 53.8 Å². The van der Waals surface area contributed by atoms with Crippen LogP contribution in [0.15, 0.2) is 70.3 Å². The molecule has 0 radical (unpaired) electrons. The van der Waals surface area contributed by atoms with Crippen LogP contribution in [0.25, 0.3) is 37.6 Å². The maximum atomic E-state index is 12.8. The van der Waals surface area contributed by atoms with Gasteiger partial charge in [-0.2, -0.15) is 4.68 Å². The molecule has 126 valence electrons. The van der Waals surface area contributed by atoms with E-state index in [2.05, 4.69) is 15.1 Å². The monoisotopic (exact) mass is 360 g/mol. The minimum Gasteiger partial charge on any atom is -0.339 e. The Balaban J connectivity index is 1.75. The molecule has 0 aliphatic carbocycles. The van der Waals surface area contributed by atoms with Crippen LogP contribution in [0.1, 0.15) is 0 Å². The first-order valence-corrected chi connectivity index (χ1v) is 8.82. The number of benzene rings is 2. The van der Waals surface area contributed by atoms with Crippen molar-refractivity contribution in [2.45, 2.75) is 0 Å². The first-order valence-electron chi connectivity index (χ1n) is 8.00. The van der Waals surface area contributed by atoms with Crippen LogP contribution in [0, 0.1) is 0 Å². The van der Waals surface area contributed by atoms with Crippen molar-refractivity contribution >= 4 is 32.6 Å². The van der Waals surface area contributed by atoms with Gasteiger partial charge in [0.15, 0.2) is 5.43 Å². The highest BCUT2D eigenvalue weighted by atomic mass is 32.1. The van der Waals surface area contributed by atoms with Crippen LogP contribution in [-0.2, 0) is 0 Å². The Hall–Kier alpha value is -3.45. The van der Waals surface area contributed by atoms with Gasteiger partial charge in [0, 0.05) is 6.07 Å². The van der Waals surface area contributed by atoms with E-state index in [-0.39, 0.29) is 10.8 Å². The molecule has 5 rings (SSSR count). The van der Waals surface area contributed by atoms with Gasteiger partial charge in [-0.25, -0.2) is 4.98 Å². The van der Waals surface area contributed by atoms with Crippen LogP contribution in [-0.4, -0.2) is 19.7 Å². The van der Waals surface area contributed by atoms with Crippen LogP contribution >= 0.6 is 11.3 Å². The molecule has 5 aromatic rings. The number of H-pyrrole nitrogens is 2. The summed E-state index contributed by atoms with van der Waals surface area (Å²) in [5.41, 5.74) is 2.01. The lowest BCUT2D eigenvalue weighted by Gasteiger charge is -2.01. The van der Waals surface area contributed by atoms with Crippen LogP contribution in [0.3, 0.4) is 0 Å². The molecule has 2 N–H and O–H groups in total. The van der Waals surface area contributed by atoms with Gasteiger partial charge in [-0.05, 0) is 17.7 Å². The Labute approximate surface area is 150 Å². The first-order chi connectivity index (χ1) is 12.7. The van der Waals surface area contributed by atoms with E-state index >= 15 is 0 Å². The number of fused-ring (bicyclic) bond motifs is 2. The number of pyridine rings is 1. The molecule has 0 unspecified atom stereocenters. The summed E-state index contributed by atoms with van der Waals surface area (Å²) in [7, 11) is 0. The number of para-hydroxylation sites is 1. The second-order valence-corrected chi connectivity index (χ2v) is 6.89. The summed E-state index contributed by atoms with van der Waals surface area (Å²) in [6.07, 6.45) is 0. The molecule has 0 aliphatic heterocycles. The van der Waals surface area contributed by atoms with E-state index in [1.165, 1.54) is 22.1 Å². The summed E-state index contributed by atoms with van der Waals surface area (Å²) in [4.78, 5) is 32.9. The second kappa shape index (κ2) is 5.53. The average Bonchev–Trinajstić information content (AvgIpc) is 3.23. The molecule has 0 aliphatic rings. The highest BCUT2D eigenvalue weighted by Gasteiger charge is 2.16. The molecule has 0 saturated heterocycles. The normalized spacial score (nSPS) is 11.4. The van der Waals surface area contributed by atoms with Crippen molar-refractivity contribution in [3.05, 3.63) is 81.2 Å². The average molecular weight is 360 g/mol. The fourth-order valence-corrected chi connectivity index (χ4v) is 3.92. The van der Waals surface area contributed by atoms with E-state index in [0.29, 0.717) is 16.5 Å². The summed E-state index contributed by atoms with van der Waals surface area (Å²) in [6.45, 7) is 0. The molecule has 3 heterocycles. The van der Waals surface area contributed by atoms with Gasteiger partial charge in [0.25, 0.3) is 5.56 Å². The predicted octanol–water partition coefficient (Wildman–Crippen LogP) is 3.28. The third-order valence-electron chi connectivity index (χ3n) is 4.23. The fraction of sp³-hybridized carbons (Fsp3) is 0. The molecule has 26 heavy (non-hydrogen) atoms. The number of hydrogen-bond acceptors (Lipinski definition) is 4. The minimum atomic E-state index is -0.403. The topological polar surface area (TPSA) is 83.5 Å². The molecule has 0 amide bonds. The van der Waals surface area contributed by atoms with Gasteiger partial charge in [0.1, 0.15) is 11.0 Å². The zero-order valence-corrected chi connectivity index (χ0v) is 14.2. The van der Waals surface area contributed by atoms with Crippen LogP contribution in [0.5, 0.6) is 0 Å². The van der Waals surface area contributed by atoms with Gasteiger partial charge < -0.3 is 4.98 Å². The number of hydrogen-bond donors (Lipinski definition) is 2. The molecule has 7 heteroatoms. The molecule has 0 saturated carbocycles. The molecular weight excluding hydrogens is 348 g/mol. The van der Waals surface area contributed by atoms with Crippen molar-refractivity contribution in [1.29, 1.82) is 0 Å². The van der Waals surface area contributed by atoms with Crippen LogP contribution in [0.4, 0.5) is 0 Å². The lowest BCUT2D eigenvalue weighted by atomic mass is 10.1. The maximum absolute atomic E-state index is 12.8. The standard InChI is InChI=1S/C19H12N4O2S/c24-14-10-13(11-6-2-1-3-7-11)20-17-16(14)18(25)23(22-17)19-21-12-8-4-5-9-15(12)26-19/h1-10H,(H2,20,22,24). The Morgan fingerprint density at radius 1 is 0.962 bits per heavy atom. The number of aromatic amines is 2. The van der Waals surface area contributed by atoms with Gasteiger partial charge in [0.2, 0.25) is 5.13 Å². The lowest BCUT2D eigenvalue weighted by Crippen LogP contribution is -2.17. The molecule has 6 nitrogen and oxygen atoms in total. The van der Waals surface area contributed by atoms with E-state index in [0.717, 1.165) is 15.8 Å². The summed E-state index contributed by atoms with van der Waals surface area (Å²) < 4.78 is 2.30. The lowest BCUT2D eigenvalue weighted by molar-refractivity contribution is 0.851. The fourth-order valence-electron chi connectivity index (χ4n) is 2.99. The van der Waals surface area contributed by atoms with Crippen molar-refractivity contribution in [3.63, 3.8) is 0 Å². The molecule has 0 spiro atoms. The van der Waals surface area contributed by atoms with Crippen LogP contribution < -0.4 is 11.0 Å². The van der Waals surface area contributed by atoms with Gasteiger partial charge >= 0.3 is 0 Å². The van der Waals surface area contributed by atoms with Crippen molar-refractivity contribution in [2.24, 2.45) is 0 Å². The molecule has 3 aromatic heterocycles. The minimum absolute atomic E-state index is 0.101. The molecule has 2 aromatic carbocycles. The Morgan fingerprint density at radius 2 is 1.73 bits per heavy atom. The number of nitrogens with zero attached hydrogens (tertiary/aromatic N) is 2. The molecule has 0 atom stereocenters. The van der Waals surface area contributed by atoms with E-state index in [9.17, 15) is 9.59 Å². The van der Waals surface area contributed by atoms with Gasteiger partial charge in [0.05, 0.1) is 15.9 Å². The highest BCUT2D eigenvalue weighted by molar-refractivity contribution is 7.20. The largest absolute Gasteiger partial charge is 0.339 e. The summed E-state index contributed by atoms with van der Waals surface area (Å²) >= 11 is 1.39. The molecule has 0 fully saturated rings. The third kappa shape index (κ3) is 2.21. The smallest absolute Gasteiger partial charge is 0.286 e. The van der Waals surface area contributed by atoms with Crippen molar-refractivity contribution < 1.29 is 0 Å². The van der Waals surface area contributed by atoms with Crippen LogP contribution in [0.2, 0.25) is 0 Å². The number of thiazole rings is 1. The van der Waals surface area contributed by atoms with E-state index in [1.807, 2.05) is 54.6 Å². The third-order valence-corrected chi connectivity index (χ3v) is 5.25. The summed E-state index contributed by atoms with van der Waals surface area (Å²) in [6, 6.07) is 18.6. The zero-order valence-electron chi connectivity index (χ0n) is 13.4. The van der Waals surface area contributed by atoms with E-state index < -0.39 is 5.56 Å². The molecule has 0 bridgehead atoms. The van der Waals surface area contributed by atoms with Crippen molar-refractivity contribution in [2.75, 3.05) is 0 Å². The van der Waals surface area contributed by atoms with E-state index in [1.54, 1.807) is 0 Å². The van der Waals surface area contributed by atoms with Gasteiger partial charge in [-0.3, -0.25) is 14.7 Å². The Kier molecular flexibility index (Phi) is 3.16. The van der Waals surface area contributed by atoms with E-state index in [4.69, 9.17) is 0 Å². The predicted molar refractivity (Wildman–Crippen MR) is 103 cm³/mol. The number of nitrogens with one attached hydrogen (secondary N) is 2. The highest BCUT2D eigenvalue weighted by Crippen LogP contribution is 2.24. The first kappa shape index (κ1) is 14.9. The molecular formula is C19H12N4O2S. The zero-order chi connectivity index (χ0) is 17.7. The quantitative estimate of drug-likeness (QED) is 0.507. The summed E-state index contributed by atoms with van der Waals surface area (Å²) in [5, 5.41) is 3.59. The van der Waals surface area contributed by atoms with Crippen molar-refractivity contribution in [1.82, 2.24) is 19.7 Å². The Morgan fingerprint density at radius 3 is 2.54 bits per heavy atom. The Bertz CT molecular complexity index is 1340. The maximum Gasteiger partial charge on any atom is 0.286 e. The number of aromatic nitrogens is 4.